The number of aliphatic hydroxyl groups is 1. The number of rotatable bonds is 10. The highest BCUT2D eigenvalue weighted by molar-refractivity contribution is 5.84. The molecule has 0 bridgehead atoms. The van der Waals surface area contributed by atoms with E-state index in [-0.39, 0.29) is 17.5 Å². The lowest BCUT2D eigenvalue weighted by Gasteiger charge is -2.37. The third-order valence-electron chi connectivity index (χ3n) is 5.73. The lowest BCUT2D eigenvalue weighted by molar-refractivity contribution is -0.275. The molecule has 0 spiro atoms. The number of aliphatic hydroxyl groups excluding tert-OH is 1. The maximum absolute atomic E-state index is 13.2. The fraction of sp³-hybridized carbons (Fsp3) is 0.259. The SMILES string of the molecule is COC(=O)[C@@H](CO)NC(=O)NC(Cc1ccccc1)(c1cccc(OC(F)(F)F)c1)c1cccc(OC(F)(F)F)c1. The van der Waals surface area contributed by atoms with Gasteiger partial charge in [0.15, 0.2) is 6.04 Å². The maximum atomic E-state index is 13.2. The Morgan fingerprint density at radius 3 is 1.76 bits per heavy atom. The first-order chi connectivity index (χ1) is 19.2. The van der Waals surface area contributed by atoms with Crippen molar-refractivity contribution in [2.45, 2.75) is 30.7 Å². The van der Waals surface area contributed by atoms with Crippen LogP contribution >= 0.6 is 0 Å². The number of hydrogen-bond acceptors (Lipinski definition) is 6. The second-order valence-electron chi connectivity index (χ2n) is 8.58. The summed E-state index contributed by atoms with van der Waals surface area (Å²) in [6.07, 6.45) is -10.3. The van der Waals surface area contributed by atoms with Gasteiger partial charge in [0.1, 0.15) is 11.5 Å². The maximum Gasteiger partial charge on any atom is 0.573 e. The van der Waals surface area contributed by atoms with Crippen LogP contribution in [-0.4, -0.2) is 49.6 Å². The van der Waals surface area contributed by atoms with Crippen LogP contribution in [0, 0.1) is 0 Å². The second kappa shape index (κ2) is 12.8. The van der Waals surface area contributed by atoms with Crippen LogP contribution in [0.15, 0.2) is 78.9 Å². The van der Waals surface area contributed by atoms with E-state index in [0.717, 1.165) is 31.4 Å². The summed E-state index contributed by atoms with van der Waals surface area (Å²) >= 11 is 0. The summed E-state index contributed by atoms with van der Waals surface area (Å²) in [6, 6.07) is 14.6. The number of carbonyl (C=O) groups excluding carboxylic acids is 2. The molecule has 2 amide bonds. The Labute approximate surface area is 229 Å². The Morgan fingerprint density at radius 1 is 0.805 bits per heavy atom. The molecule has 14 heteroatoms. The lowest BCUT2D eigenvalue weighted by atomic mass is 9.77. The predicted octanol–water partition coefficient (Wildman–Crippen LogP) is 4.80. The van der Waals surface area contributed by atoms with Gasteiger partial charge >= 0.3 is 24.7 Å². The van der Waals surface area contributed by atoms with E-state index in [1.54, 1.807) is 30.3 Å². The molecule has 0 heterocycles. The van der Waals surface area contributed by atoms with E-state index in [0.29, 0.717) is 5.56 Å². The summed E-state index contributed by atoms with van der Waals surface area (Å²) in [5.74, 6) is -2.34. The molecule has 0 radical (unpaired) electrons. The van der Waals surface area contributed by atoms with Crippen molar-refractivity contribution in [1.29, 1.82) is 0 Å². The molecule has 0 aliphatic carbocycles. The third-order valence-corrected chi connectivity index (χ3v) is 5.73. The molecule has 220 valence electrons. The average Bonchev–Trinajstić information content (AvgIpc) is 2.90. The van der Waals surface area contributed by atoms with Crippen molar-refractivity contribution in [3.8, 4) is 11.5 Å². The molecule has 0 unspecified atom stereocenters. The van der Waals surface area contributed by atoms with E-state index in [2.05, 4.69) is 24.8 Å². The molecule has 0 aliphatic rings. The van der Waals surface area contributed by atoms with Crippen LogP contribution in [0.25, 0.3) is 0 Å². The molecule has 3 aromatic rings. The van der Waals surface area contributed by atoms with Crippen molar-refractivity contribution >= 4 is 12.0 Å². The number of amides is 2. The summed E-state index contributed by atoms with van der Waals surface area (Å²) < 4.78 is 91.0. The van der Waals surface area contributed by atoms with Crippen LogP contribution in [0.3, 0.4) is 0 Å². The minimum Gasteiger partial charge on any atom is -0.467 e. The Hall–Kier alpha value is -4.46. The first-order valence-corrected chi connectivity index (χ1v) is 11.8. The van der Waals surface area contributed by atoms with Gasteiger partial charge in [-0.05, 0) is 41.0 Å². The van der Waals surface area contributed by atoms with E-state index >= 15 is 0 Å². The predicted molar refractivity (Wildman–Crippen MR) is 132 cm³/mol. The zero-order valence-corrected chi connectivity index (χ0v) is 21.3. The molecular formula is C27H24F6N2O6. The highest BCUT2D eigenvalue weighted by atomic mass is 19.4. The highest BCUT2D eigenvalue weighted by Crippen LogP contribution is 2.38. The van der Waals surface area contributed by atoms with E-state index in [1.807, 2.05) is 0 Å². The monoisotopic (exact) mass is 586 g/mol. The van der Waals surface area contributed by atoms with Crippen molar-refractivity contribution in [3.05, 3.63) is 95.6 Å². The van der Waals surface area contributed by atoms with Crippen molar-refractivity contribution in [2.75, 3.05) is 13.7 Å². The van der Waals surface area contributed by atoms with Crippen LogP contribution < -0.4 is 20.1 Å². The summed E-state index contributed by atoms with van der Waals surface area (Å²) in [6.45, 7) is -0.865. The van der Waals surface area contributed by atoms with Crippen LogP contribution in [0.5, 0.6) is 11.5 Å². The summed E-state index contributed by atoms with van der Waals surface area (Å²) in [5, 5.41) is 14.3. The quantitative estimate of drug-likeness (QED) is 0.233. The zero-order valence-electron chi connectivity index (χ0n) is 21.3. The fourth-order valence-electron chi connectivity index (χ4n) is 4.09. The standard InChI is InChI=1S/C27H24F6N2O6/c1-39-23(37)22(16-36)34-24(38)35-25(15-17-7-3-2-4-8-17,18-9-5-11-20(13-18)40-26(28,29)30)19-10-6-12-21(14-19)41-27(31,32)33/h2-14,22,36H,15-16H2,1H3,(H2,34,35,38)/t22-/m1/s1. The van der Waals surface area contributed by atoms with Gasteiger partial charge in [-0.25, -0.2) is 9.59 Å². The van der Waals surface area contributed by atoms with Crippen molar-refractivity contribution in [2.24, 2.45) is 0 Å². The molecule has 3 aromatic carbocycles. The Kier molecular flexibility index (Phi) is 9.71. The first-order valence-electron chi connectivity index (χ1n) is 11.8. The Balaban J connectivity index is 2.24. The van der Waals surface area contributed by atoms with Crippen LogP contribution in [-0.2, 0) is 21.5 Å². The van der Waals surface area contributed by atoms with Gasteiger partial charge in [-0.1, -0.05) is 54.6 Å². The molecule has 41 heavy (non-hydrogen) atoms. The van der Waals surface area contributed by atoms with Crippen molar-refractivity contribution < 1.29 is 55.2 Å². The Bertz CT molecular complexity index is 1270. The van der Waals surface area contributed by atoms with Gasteiger partial charge in [0.2, 0.25) is 0 Å². The molecule has 0 saturated heterocycles. The number of ether oxygens (including phenoxy) is 3. The zero-order chi connectivity index (χ0) is 30.3. The third kappa shape index (κ3) is 8.76. The van der Waals surface area contributed by atoms with Gasteiger partial charge in [0.05, 0.1) is 19.3 Å². The average molecular weight is 586 g/mol. The van der Waals surface area contributed by atoms with Gasteiger partial charge in [-0.3, -0.25) is 0 Å². The molecule has 0 aliphatic heterocycles. The summed E-state index contributed by atoms with van der Waals surface area (Å²) in [5.41, 5.74) is -1.41. The highest BCUT2D eigenvalue weighted by Gasteiger charge is 2.40. The lowest BCUT2D eigenvalue weighted by Crippen LogP contribution is -2.56. The molecule has 0 fully saturated rings. The molecule has 1 atom stereocenters. The molecule has 3 rings (SSSR count). The van der Waals surface area contributed by atoms with Crippen LogP contribution in [0.2, 0.25) is 0 Å². The minimum atomic E-state index is -5.07. The first kappa shape index (κ1) is 31.1. The summed E-state index contributed by atoms with van der Waals surface area (Å²) in [4.78, 5) is 25.2. The molecule has 3 N–H and O–H groups in total. The summed E-state index contributed by atoms with van der Waals surface area (Å²) in [7, 11) is 1.02. The molecule has 8 nitrogen and oxygen atoms in total. The van der Waals surface area contributed by atoms with Crippen molar-refractivity contribution in [1.82, 2.24) is 10.6 Å². The Morgan fingerprint density at radius 2 is 1.32 bits per heavy atom. The number of urea groups is 1. The van der Waals surface area contributed by atoms with Gasteiger partial charge < -0.3 is 30.0 Å². The van der Waals surface area contributed by atoms with E-state index in [9.17, 15) is 41.0 Å². The smallest absolute Gasteiger partial charge is 0.467 e. The number of carbonyl (C=O) groups is 2. The number of benzene rings is 3. The molecule has 0 saturated carbocycles. The van der Waals surface area contributed by atoms with E-state index < -0.39 is 54.4 Å². The molecule has 0 aromatic heterocycles. The van der Waals surface area contributed by atoms with E-state index in [1.165, 1.54) is 24.3 Å². The second-order valence-corrected chi connectivity index (χ2v) is 8.58. The number of esters is 1. The number of halogens is 6. The minimum absolute atomic E-state index is 0.0268. The van der Waals surface area contributed by atoms with Crippen LogP contribution in [0.4, 0.5) is 31.1 Å². The largest absolute Gasteiger partial charge is 0.573 e. The number of hydrogen-bond donors (Lipinski definition) is 3. The fourth-order valence-corrected chi connectivity index (χ4v) is 4.09. The topological polar surface area (TPSA) is 106 Å². The van der Waals surface area contributed by atoms with Gasteiger partial charge in [-0.15, -0.1) is 26.3 Å². The normalized spacial score (nSPS) is 12.7. The van der Waals surface area contributed by atoms with Gasteiger partial charge in [-0.2, -0.15) is 0 Å². The number of methoxy groups -OCH3 is 1. The molecular weight excluding hydrogens is 562 g/mol. The van der Waals surface area contributed by atoms with Crippen LogP contribution in [0.1, 0.15) is 16.7 Å². The van der Waals surface area contributed by atoms with E-state index in [4.69, 9.17) is 0 Å². The van der Waals surface area contributed by atoms with Gasteiger partial charge in [0.25, 0.3) is 0 Å². The van der Waals surface area contributed by atoms with Gasteiger partial charge in [0, 0.05) is 6.42 Å². The number of nitrogens with one attached hydrogen (secondary N) is 2. The van der Waals surface area contributed by atoms with Crippen molar-refractivity contribution in [3.63, 3.8) is 0 Å². The number of alkyl halides is 6.